The first kappa shape index (κ1) is 20.6. The van der Waals surface area contributed by atoms with Crippen LogP contribution in [0.4, 0.5) is 10.3 Å². The van der Waals surface area contributed by atoms with Gasteiger partial charge in [-0.25, -0.2) is 24.3 Å². The van der Waals surface area contributed by atoms with Crippen LogP contribution in [0.25, 0.3) is 11.3 Å². The Balaban J connectivity index is 1.80. The maximum absolute atomic E-state index is 14.2. The van der Waals surface area contributed by atoms with E-state index in [2.05, 4.69) is 19.9 Å². The van der Waals surface area contributed by atoms with Crippen molar-refractivity contribution in [2.24, 2.45) is 0 Å². The molecule has 3 aromatic rings. The van der Waals surface area contributed by atoms with Crippen LogP contribution in [0.1, 0.15) is 46.6 Å². The highest BCUT2D eigenvalue weighted by Gasteiger charge is 2.32. The van der Waals surface area contributed by atoms with Gasteiger partial charge in [-0.2, -0.15) is 0 Å². The Kier molecular flexibility index (Phi) is 5.50. The lowest BCUT2D eigenvalue weighted by molar-refractivity contribution is 0.0961. The number of fused-ring (bicyclic) bond motifs is 1. The standard InChI is InChI=1S/C22H22FN5O3/c1-4-15-19-16(28-22(24)27-15)7-11(8-18(19)29)13-6-5-12(23)9-14(13)17-10-25-20(30-2)21(26-17)31-3/h5-6,9-11H,4,7-8H2,1-3H3,(H2,24,27,28). The number of nitrogens with two attached hydrogens (primary N) is 1. The van der Waals surface area contributed by atoms with Crippen molar-refractivity contribution in [1.29, 1.82) is 0 Å². The molecule has 1 aliphatic rings. The third kappa shape index (κ3) is 3.78. The number of nitrogen functional groups attached to an aromatic ring is 1. The lowest BCUT2D eigenvalue weighted by Gasteiger charge is -2.26. The lowest BCUT2D eigenvalue weighted by Crippen LogP contribution is -2.24. The summed E-state index contributed by atoms with van der Waals surface area (Å²) in [5.74, 6) is -0.119. The van der Waals surface area contributed by atoms with E-state index in [1.807, 2.05) is 6.92 Å². The van der Waals surface area contributed by atoms with Crippen molar-refractivity contribution in [3.8, 4) is 23.0 Å². The molecule has 31 heavy (non-hydrogen) atoms. The first-order chi connectivity index (χ1) is 14.9. The van der Waals surface area contributed by atoms with Crippen LogP contribution in [0.5, 0.6) is 11.8 Å². The second-order valence-electron chi connectivity index (χ2n) is 7.24. The number of hydrogen-bond acceptors (Lipinski definition) is 8. The average Bonchev–Trinajstić information content (AvgIpc) is 2.77. The van der Waals surface area contributed by atoms with Crippen molar-refractivity contribution in [2.75, 3.05) is 20.0 Å². The third-order valence-corrected chi connectivity index (χ3v) is 5.39. The van der Waals surface area contributed by atoms with Gasteiger partial charge in [0.2, 0.25) is 5.95 Å². The number of carbonyl (C=O) groups is 1. The fraction of sp³-hybridized carbons (Fsp3) is 0.318. The zero-order valence-electron chi connectivity index (χ0n) is 17.5. The number of halogens is 1. The van der Waals surface area contributed by atoms with Crippen LogP contribution in [0.2, 0.25) is 0 Å². The van der Waals surface area contributed by atoms with Crippen molar-refractivity contribution in [1.82, 2.24) is 19.9 Å². The van der Waals surface area contributed by atoms with Crippen molar-refractivity contribution >= 4 is 11.7 Å². The van der Waals surface area contributed by atoms with Crippen LogP contribution in [0.15, 0.2) is 24.4 Å². The number of hydrogen-bond donors (Lipinski definition) is 1. The van der Waals surface area contributed by atoms with E-state index >= 15 is 0 Å². The largest absolute Gasteiger partial charge is 0.477 e. The van der Waals surface area contributed by atoms with Gasteiger partial charge in [0.15, 0.2) is 5.78 Å². The highest BCUT2D eigenvalue weighted by molar-refractivity contribution is 6.00. The molecule has 1 aromatic carbocycles. The second kappa shape index (κ2) is 8.25. The summed E-state index contributed by atoms with van der Waals surface area (Å²) in [5, 5.41) is 0. The summed E-state index contributed by atoms with van der Waals surface area (Å²) in [5.41, 5.74) is 9.43. The quantitative estimate of drug-likeness (QED) is 0.666. The predicted octanol–water partition coefficient (Wildman–Crippen LogP) is 3.15. The molecule has 1 aliphatic carbocycles. The number of carbonyl (C=O) groups excluding carboxylic acids is 1. The number of aromatic nitrogens is 4. The lowest BCUT2D eigenvalue weighted by atomic mass is 9.79. The Hall–Kier alpha value is -3.62. The van der Waals surface area contributed by atoms with Gasteiger partial charge in [0.1, 0.15) is 5.82 Å². The van der Waals surface area contributed by atoms with E-state index < -0.39 is 5.82 Å². The molecule has 8 nitrogen and oxygen atoms in total. The molecule has 0 radical (unpaired) electrons. The first-order valence-corrected chi connectivity index (χ1v) is 9.88. The van der Waals surface area contributed by atoms with E-state index in [1.54, 1.807) is 6.07 Å². The summed E-state index contributed by atoms with van der Waals surface area (Å²) in [6.45, 7) is 1.93. The van der Waals surface area contributed by atoms with Crippen molar-refractivity contribution in [3.63, 3.8) is 0 Å². The minimum Gasteiger partial charge on any atom is -0.477 e. The molecule has 1 unspecified atom stereocenters. The van der Waals surface area contributed by atoms with Crippen molar-refractivity contribution < 1.29 is 18.7 Å². The maximum Gasteiger partial charge on any atom is 0.278 e. The number of ether oxygens (including phenoxy) is 2. The number of Topliss-reactive ketones (excluding diaryl/α,β-unsaturated/α-hetero) is 1. The van der Waals surface area contributed by atoms with Crippen LogP contribution >= 0.6 is 0 Å². The monoisotopic (exact) mass is 423 g/mol. The number of benzene rings is 1. The molecule has 160 valence electrons. The maximum atomic E-state index is 14.2. The minimum atomic E-state index is -0.419. The van der Waals surface area contributed by atoms with Crippen LogP contribution in [0.3, 0.4) is 0 Å². The van der Waals surface area contributed by atoms with Gasteiger partial charge in [-0.15, -0.1) is 0 Å². The van der Waals surface area contributed by atoms with Crippen molar-refractivity contribution in [2.45, 2.75) is 32.1 Å². The van der Waals surface area contributed by atoms with Crippen LogP contribution < -0.4 is 15.2 Å². The topological polar surface area (TPSA) is 113 Å². The molecule has 0 amide bonds. The van der Waals surface area contributed by atoms with Gasteiger partial charge in [-0.3, -0.25) is 4.79 Å². The number of ketones is 1. The smallest absolute Gasteiger partial charge is 0.278 e. The zero-order valence-corrected chi connectivity index (χ0v) is 17.5. The highest BCUT2D eigenvalue weighted by atomic mass is 19.1. The Morgan fingerprint density at radius 2 is 1.90 bits per heavy atom. The van der Waals surface area contributed by atoms with Crippen molar-refractivity contribution in [3.05, 3.63) is 52.7 Å². The van der Waals surface area contributed by atoms with Gasteiger partial charge in [0.05, 0.1) is 43.1 Å². The Bertz CT molecular complexity index is 1170. The number of nitrogens with zero attached hydrogens (tertiary/aromatic N) is 4. The van der Waals surface area contributed by atoms with E-state index in [4.69, 9.17) is 15.2 Å². The summed E-state index contributed by atoms with van der Waals surface area (Å²) in [7, 11) is 2.91. The molecule has 0 fully saturated rings. The summed E-state index contributed by atoms with van der Waals surface area (Å²) in [6.07, 6.45) is 2.83. The fourth-order valence-electron chi connectivity index (χ4n) is 4.03. The molecular weight excluding hydrogens is 401 g/mol. The molecule has 0 saturated carbocycles. The molecule has 4 rings (SSSR count). The second-order valence-corrected chi connectivity index (χ2v) is 7.24. The Labute approximate surface area is 178 Å². The third-order valence-electron chi connectivity index (χ3n) is 5.39. The first-order valence-electron chi connectivity index (χ1n) is 9.88. The Morgan fingerprint density at radius 3 is 2.61 bits per heavy atom. The van der Waals surface area contributed by atoms with Gasteiger partial charge >= 0.3 is 0 Å². The molecule has 2 heterocycles. The fourth-order valence-corrected chi connectivity index (χ4v) is 4.03. The van der Waals surface area contributed by atoms with E-state index in [9.17, 15) is 9.18 Å². The zero-order chi connectivity index (χ0) is 22.1. The molecule has 0 bridgehead atoms. The molecule has 9 heteroatoms. The van der Waals surface area contributed by atoms with E-state index in [0.29, 0.717) is 41.1 Å². The normalized spacial score (nSPS) is 15.5. The molecule has 1 atom stereocenters. The summed E-state index contributed by atoms with van der Waals surface area (Å²) < 4.78 is 24.6. The van der Waals surface area contributed by atoms with E-state index in [1.165, 1.54) is 32.5 Å². The van der Waals surface area contributed by atoms with Gasteiger partial charge < -0.3 is 15.2 Å². The number of methoxy groups -OCH3 is 2. The molecular formula is C22H22FN5O3. The molecule has 0 aliphatic heterocycles. The summed E-state index contributed by atoms with van der Waals surface area (Å²) >= 11 is 0. The van der Waals surface area contributed by atoms with Crippen LogP contribution in [-0.4, -0.2) is 39.9 Å². The molecule has 0 saturated heterocycles. The van der Waals surface area contributed by atoms with Crippen LogP contribution in [0, 0.1) is 5.82 Å². The molecule has 0 spiro atoms. The number of aryl methyl sites for hydroxylation is 1. The van der Waals surface area contributed by atoms with Gasteiger partial charge in [0, 0.05) is 12.0 Å². The van der Waals surface area contributed by atoms with Gasteiger partial charge in [-0.05, 0) is 36.5 Å². The molecule has 2 N–H and O–H groups in total. The number of rotatable bonds is 5. The molecule has 2 aromatic heterocycles. The highest BCUT2D eigenvalue weighted by Crippen LogP contribution is 2.38. The van der Waals surface area contributed by atoms with Crippen LogP contribution in [-0.2, 0) is 12.8 Å². The summed E-state index contributed by atoms with van der Waals surface area (Å²) in [6, 6.07) is 4.44. The predicted molar refractivity (Wildman–Crippen MR) is 112 cm³/mol. The van der Waals surface area contributed by atoms with Gasteiger partial charge in [-0.1, -0.05) is 13.0 Å². The average molecular weight is 423 g/mol. The SMILES string of the molecule is CCc1nc(N)nc2c1C(=O)CC(c1ccc(F)cc1-c1cnc(OC)c(OC)n1)C2. The summed E-state index contributed by atoms with van der Waals surface area (Å²) in [4.78, 5) is 30.2. The Morgan fingerprint density at radius 1 is 1.13 bits per heavy atom. The minimum absolute atomic E-state index is 0.0447. The number of anilines is 1. The van der Waals surface area contributed by atoms with Gasteiger partial charge in [0.25, 0.3) is 11.8 Å². The van der Waals surface area contributed by atoms with E-state index in [0.717, 1.165) is 5.56 Å². The van der Waals surface area contributed by atoms with E-state index in [-0.39, 0.29) is 35.8 Å².